The average molecular weight is 410 g/mol. The second-order valence-electron chi connectivity index (χ2n) is 6.04. The Morgan fingerprint density at radius 3 is 2.50 bits per heavy atom. The van der Waals surface area contributed by atoms with Gasteiger partial charge in [0.1, 0.15) is 10.6 Å². The minimum absolute atomic E-state index is 0.0875. The summed E-state index contributed by atoms with van der Waals surface area (Å²) in [7, 11) is 0.394. The fourth-order valence-electron chi connectivity index (χ4n) is 2.34. The van der Waals surface area contributed by atoms with Crippen LogP contribution in [-0.4, -0.2) is 53.0 Å². The zero-order valence-corrected chi connectivity index (χ0v) is 16.8. The number of hydrogen-bond acceptors (Lipinski definition) is 5. The summed E-state index contributed by atoms with van der Waals surface area (Å²) in [6, 6.07) is 10.3. The Balaban J connectivity index is 1.96. The van der Waals surface area contributed by atoms with E-state index in [2.05, 4.69) is 5.32 Å². The van der Waals surface area contributed by atoms with E-state index in [0.29, 0.717) is 6.42 Å². The number of nitrogens with zero attached hydrogens (tertiary/aromatic N) is 1. The quantitative estimate of drug-likeness (QED) is 0.641. The minimum atomic E-state index is -3.77. The van der Waals surface area contributed by atoms with Crippen LogP contribution in [0.15, 0.2) is 47.4 Å². The average Bonchev–Trinajstić information content (AvgIpc) is 2.68. The number of halogens is 1. The molecule has 0 aliphatic heterocycles. The van der Waals surface area contributed by atoms with Crippen molar-refractivity contribution in [2.45, 2.75) is 11.3 Å². The van der Waals surface area contributed by atoms with Crippen LogP contribution in [0.2, 0.25) is 0 Å². The highest BCUT2D eigenvalue weighted by atomic mass is 32.2. The molecule has 0 fully saturated rings. The Morgan fingerprint density at radius 2 is 1.86 bits per heavy atom. The van der Waals surface area contributed by atoms with E-state index in [1.54, 1.807) is 12.1 Å². The third-order valence-corrected chi connectivity index (χ3v) is 5.72. The van der Waals surface area contributed by atoms with Crippen molar-refractivity contribution in [1.82, 2.24) is 9.62 Å². The number of benzene rings is 2. The number of methoxy groups -OCH3 is 1. The molecule has 0 heterocycles. The maximum absolute atomic E-state index is 13.4. The third kappa shape index (κ3) is 5.20. The fourth-order valence-corrected chi connectivity index (χ4v) is 3.41. The SMILES string of the molecule is COc1ccc(C(=O)NCCCOc2ccccc2F)cc1S(=O)(=O)N(C)C. The first-order valence-corrected chi connectivity index (χ1v) is 9.97. The number of carbonyl (C=O) groups is 1. The Bertz CT molecular complexity index is 932. The van der Waals surface area contributed by atoms with Crippen molar-refractivity contribution in [3.8, 4) is 11.5 Å². The number of sulfonamides is 1. The van der Waals surface area contributed by atoms with Crippen LogP contribution >= 0.6 is 0 Å². The molecule has 2 rings (SSSR count). The van der Waals surface area contributed by atoms with E-state index >= 15 is 0 Å². The van der Waals surface area contributed by atoms with Gasteiger partial charge in [0.2, 0.25) is 10.0 Å². The minimum Gasteiger partial charge on any atom is -0.495 e. The van der Waals surface area contributed by atoms with Gasteiger partial charge in [-0.05, 0) is 36.8 Å². The molecular weight excluding hydrogens is 387 g/mol. The van der Waals surface area contributed by atoms with Gasteiger partial charge in [0.05, 0.1) is 13.7 Å². The van der Waals surface area contributed by atoms with Gasteiger partial charge in [-0.3, -0.25) is 4.79 Å². The lowest BCUT2D eigenvalue weighted by atomic mass is 10.2. The molecule has 2 aromatic carbocycles. The molecule has 0 aliphatic rings. The zero-order chi connectivity index (χ0) is 20.7. The first-order chi connectivity index (χ1) is 13.3. The normalized spacial score (nSPS) is 11.3. The van der Waals surface area contributed by atoms with Crippen LogP contribution in [0.4, 0.5) is 4.39 Å². The summed E-state index contributed by atoms with van der Waals surface area (Å²) in [6.07, 6.45) is 0.457. The molecule has 0 spiro atoms. The molecule has 152 valence electrons. The monoisotopic (exact) mass is 410 g/mol. The number of hydrogen-bond donors (Lipinski definition) is 1. The number of rotatable bonds is 9. The maximum Gasteiger partial charge on any atom is 0.251 e. The number of ether oxygens (including phenoxy) is 2. The van der Waals surface area contributed by atoms with Crippen LogP contribution in [0.3, 0.4) is 0 Å². The first kappa shape index (κ1) is 21.6. The van der Waals surface area contributed by atoms with E-state index in [4.69, 9.17) is 9.47 Å². The van der Waals surface area contributed by atoms with Crippen molar-refractivity contribution in [2.75, 3.05) is 34.4 Å². The molecule has 2 aromatic rings. The smallest absolute Gasteiger partial charge is 0.251 e. The molecule has 1 N–H and O–H groups in total. The summed E-state index contributed by atoms with van der Waals surface area (Å²) < 4.78 is 49.7. The topological polar surface area (TPSA) is 84.9 Å². The van der Waals surface area contributed by atoms with Gasteiger partial charge < -0.3 is 14.8 Å². The molecule has 0 unspecified atom stereocenters. The third-order valence-electron chi connectivity index (χ3n) is 3.89. The Kier molecular flexibility index (Phi) is 7.36. The van der Waals surface area contributed by atoms with E-state index < -0.39 is 21.7 Å². The number of amides is 1. The molecule has 0 aliphatic carbocycles. The predicted molar refractivity (Wildman–Crippen MR) is 103 cm³/mol. The van der Waals surface area contributed by atoms with Crippen LogP contribution in [0, 0.1) is 5.82 Å². The highest BCUT2D eigenvalue weighted by Crippen LogP contribution is 2.26. The van der Waals surface area contributed by atoms with Crippen molar-refractivity contribution in [3.63, 3.8) is 0 Å². The van der Waals surface area contributed by atoms with E-state index in [1.165, 1.54) is 51.5 Å². The number of nitrogens with one attached hydrogen (secondary N) is 1. The van der Waals surface area contributed by atoms with Gasteiger partial charge in [-0.15, -0.1) is 0 Å². The van der Waals surface area contributed by atoms with Crippen molar-refractivity contribution in [2.24, 2.45) is 0 Å². The lowest BCUT2D eigenvalue weighted by Gasteiger charge is -2.15. The summed E-state index contributed by atoms with van der Waals surface area (Å²) >= 11 is 0. The van der Waals surface area contributed by atoms with E-state index in [-0.39, 0.29) is 35.1 Å². The van der Waals surface area contributed by atoms with E-state index in [0.717, 1.165) is 4.31 Å². The fraction of sp³-hybridized carbons (Fsp3) is 0.316. The molecule has 0 radical (unpaired) electrons. The molecular formula is C19H23FN2O5S. The van der Waals surface area contributed by atoms with Crippen LogP contribution in [0.1, 0.15) is 16.8 Å². The molecule has 0 saturated carbocycles. The summed E-state index contributed by atoms with van der Waals surface area (Å²) in [6.45, 7) is 0.513. The van der Waals surface area contributed by atoms with Gasteiger partial charge in [0.25, 0.3) is 5.91 Å². The van der Waals surface area contributed by atoms with Crippen LogP contribution in [0.25, 0.3) is 0 Å². The van der Waals surface area contributed by atoms with Gasteiger partial charge in [-0.25, -0.2) is 17.1 Å². The van der Waals surface area contributed by atoms with Gasteiger partial charge >= 0.3 is 0 Å². The van der Waals surface area contributed by atoms with E-state index in [1.807, 2.05) is 0 Å². The summed E-state index contributed by atoms with van der Waals surface area (Å²) in [4.78, 5) is 12.2. The second kappa shape index (κ2) is 9.52. The highest BCUT2D eigenvalue weighted by molar-refractivity contribution is 7.89. The molecule has 1 amide bonds. The molecule has 0 aromatic heterocycles. The Morgan fingerprint density at radius 1 is 1.14 bits per heavy atom. The standard InChI is InChI=1S/C19H23FN2O5S/c1-22(2)28(24,25)18-13-14(9-10-17(18)26-3)19(23)21-11-6-12-27-16-8-5-4-7-15(16)20/h4-5,7-10,13H,6,11-12H2,1-3H3,(H,21,23). The largest absolute Gasteiger partial charge is 0.495 e. The predicted octanol–water partition coefficient (Wildman–Crippen LogP) is 2.28. The number of carbonyl (C=O) groups excluding carboxylic acids is 1. The summed E-state index contributed by atoms with van der Waals surface area (Å²) in [5.41, 5.74) is 0.191. The van der Waals surface area contributed by atoms with Gasteiger partial charge in [-0.1, -0.05) is 12.1 Å². The van der Waals surface area contributed by atoms with E-state index in [9.17, 15) is 17.6 Å². The molecule has 0 atom stereocenters. The zero-order valence-electron chi connectivity index (χ0n) is 15.9. The lowest BCUT2D eigenvalue weighted by Crippen LogP contribution is -2.27. The van der Waals surface area contributed by atoms with Crippen molar-refractivity contribution < 1.29 is 27.1 Å². The van der Waals surface area contributed by atoms with Crippen molar-refractivity contribution in [3.05, 3.63) is 53.8 Å². The Labute approximate surface area is 164 Å². The second-order valence-corrected chi connectivity index (χ2v) is 8.16. The molecule has 28 heavy (non-hydrogen) atoms. The first-order valence-electron chi connectivity index (χ1n) is 8.53. The van der Waals surface area contributed by atoms with Gasteiger partial charge in [0.15, 0.2) is 11.6 Å². The molecule has 9 heteroatoms. The highest BCUT2D eigenvalue weighted by Gasteiger charge is 2.23. The van der Waals surface area contributed by atoms with Crippen LogP contribution in [-0.2, 0) is 10.0 Å². The number of para-hydroxylation sites is 1. The van der Waals surface area contributed by atoms with Crippen LogP contribution < -0.4 is 14.8 Å². The van der Waals surface area contributed by atoms with Crippen molar-refractivity contribution in [1.29, 1.82) is 0 Å². The molecule has 0 saturated heterocycles. The van der Waals surface area contributed by atoms with Gasteiger partial charge in [0, 0.05) is 26.2 Å². The lowest BCUT2D eigenvalue weighted by molar-refractivity contribution is 0.0951. The maximum atomic E-state index is 13.4. The molecule has 0 bridgehead atoms. The summed E-state index contributed by atoms with van der Waals surface area (Å²) in [5, 5.41) is 2.68. The Hall–Kier alpha value is -2.65. The molecule has 7 nitrogen and oxygen atoms in total. The van der Waals surface area contributed by atoms with Crippen molar-refractivity contribution >= 4 is 15.9 Å². The summed E-state index contributed by atoms with van der Waals surface area (Å²) in [5.74, 6) is -0.561. The van der Waals surface area contributed by atoms with Gasteiger partial charge in [-0.2, -0.15) is 0 Å². The van der Waals surface area contributed by atoms with Crippen LogP contribution in [0.5, 0.6) is 11.5 Å².